The van der Waals surface area contributed by atoms with Gasteiger partial charge in [-0.25, -0.2) is 14.6 Å². The van der Waals surface area contributed by atoms with Crippen molar-refractivity contribution in [2.24, 2.45) is 17.0 Å². The van der Waals surface area contributed by atoms with E-state index in [1.807, 2.05) is 0 Å². The van der Waals surface area contributed by atoms with Crippen molar-refractivity contribution in [3.8, 4) is 11.5 Å². The Kier molecular flexibility index (Phi) is 11.5. The summed E-state index contributed by atoms with van der Waals surface area (Å²) in [5, 5.41) is 45.2. The van der Waals surface area contributed by atoms with Crippen LogP contribution in [-0.2, 0) is 24.0 Å². The molecule has 3 aliphatic rings. The topological polar surface area (TPSA) is 242 Å². The van der Waals surface area contributed by atoms with Gasteiger partial charge in [0.15, 0.2) is 28.1 Å². The third kappa shape index (κ3) is 8.08. The maximum atomic E-state index is 13.6. The number of carboxylic acid groups (broad SMARTS) is 2. The van der Waals surface area contributed by atoms with Gasteiger partial charge in [0.2, 0.25) is 12.0 Å². The third-order valence-electron chi connectivity index (χ3n) is 9.11. The fraction of sp³-hybridized carbons (Fsp3) is 0.469. The lowest BCUT2D eigenvalue weighted by atomic mass is 9.89. The van der Waals surface area contributed by atoms with Crippen molar-refractivity contribution in [3.05, 3.63) is 45.1 Å². The number of phenolic OH excluding ortho intramolecular Hbond substituents is 2. The molecule has 3 aliphatic heterocycles. The van der Waals surface area contributed by atoms with Crippen LogP contribution in [0.2, 0.25) is 4.34 Å². The molecule has 4 heterocycles. The Balaban J connectivity index is 1.30. The van der Waals surface area contributed by atoms with Gasteiger partial charge >= 0.3 is 11.9 Å². The van der Waals surface area contributed by atoms with E-state index in [-0.39, 0.29) is 45.1 Å². The van der Waals surface area contributed by atoms with E-state index in [1.54, 1.807) is 13.8 Å². The monoisotopic (exact) mass is 765 g/mol. The number of Topliss-reactive ketones (excluding diaryl/α,β-unsaturated/α-hetero) is 1. The number of hydrogen-bond acceptors (Lipinski definition) is 13. The number of nitrogens with two attached hydrogens (primary N) is 1. The summed E-state index contributed by atoms with van der Waals surface area (Å²) in [6.07, 6.45) is 0.0453. The molecule has 0 unspecified atom stereocenters. The fourth-order valence-corrected chi connectivity index (χ4v) is 8.86. The molecular formula is C32H38ClN6O10S2+. The molecule has 2 amide bonds. The smallest absolute Gasteiger partial charge is 0.352 e. The Morgan fingerprint density at radius 1 is 1.18 bits per heavy atom. The normalized spacial score (nSPS) is 20.5. The minimum absolute atomic E-state index is 0.0205. The molecule has 0 spiro atoms. The number of likely N-dealkylation sites (tertiary alicyclic amines) is 1. The second kappa shape index (κ2) is 15.5. The van der Waals surface area contributed by atoms with Gasteiger partial charge in [-0.2, -0.15) is 0 Å². The van der Waals surface area contributed by atoms with E-state index >= 15 is 0 Å². The summed E-state index contributed by atoms with van der Waals surface area (Å²) in [5.41, 5.74) is 5.91. The molecule has 0 aliphatic carbocycles. The Hall–Kier alpha value is -4.39. The predicted octanol–water partition coefficient (Wildman–Crippen LogP) is 2.49. The highest BCUT2D eigenvalue weighted by atomic mass is 35.5. The van der Waals surface area contributed by atoms with Crippen molar-refractivity contribution < 1.29 is 53.7 Å². The second-order valence-corrected chi connectivity index (χ2v) is 15.7. The van der Waals surface area contributed by atoms with Crippen molar-refractivity contribution in [3.63, 3.8) is 0 Å². The average molecular weight is 766 g/mol. The zero-order chi connectivity index (χ0) is 37.2. The number of amides is 2. The summed E-state index contributed by atoms with van der Waals surface area (Å²) in [6.45, 7) is 5.82. The average Bonchev–Trinajstić information content (AvgIpc) is 3.67. The van der Waals surface area contributed by atoms with Crippen LogP contribution < -0.4 is 11.1 Å². The Labute approximate surface area is 305 Å². The number of halogens is 1. The number of hydrogen-bond donors (Lipinski definition) is 6. The number of ketones is 1. The van der Waals surface area contributed by atoms with Gasteiger partial charge in [0.1, 0.15) is 22.3 Å². The van der Waals surface area contributed by atoms with Crippen molar-refractivity contribution in [2.75, 3.05) is 44.2 Å². The first-order valence-electron chi connectivity index (χ1n) is 16.1. The minimum atomic E-state index is -1.38. The molecule has 0 bridgehead atoms. The zero-order valence-corrected chi connectivity index (χ0v) is 30.1. The van der Waals surface area contributed by atoms with E-state index in [4.69, 9.17) is 22.2 Å². The molecular weight excluding hydrogens is 728 g/mol. The number of carbonyl (C=O) groups is 5. The van der Waals surface area contributed by atoms with Gasteiger partial charge in [0.25, 0.3) is 5.91 Å². The lowest BCUT2D eigenvalue weighted by Gasteiger charge is -2.50. The molecule has 16 nitrogen and oxygen atoms in total. The van der Waals surface area contributed by atoms with E-state index in [0.29, 0.717) is 28.9 Å². The summed E-state index contributed by atoms with van der Waals surface area (Å²) in [5.74, 6) is -6.10. The number of β-lactam (4-membered cyclic amide) rings is 1. The number of anilines is 1. The van der Waals surface area contributed by atoms with Crippen LogP contribution in [0.3, 0.4) is 0 Å². The number of carbonyl (C=O) groups excluding carboxylic acids is 3. The van der Waals surface area contributed by atoms with Crippen LogP contribution in [0.5, 0.6) is 11.5 Å². The van der Waals surface area contributed by atoms with Crippen molar-refractivity contribution in [1.82, 2.24) is 15.2 Å². The molecule has 51 heavy (non-hydrogen) atoms. The number of rotatable bonds is 15. The number of benzene rings is 1. The molecule has 19 heteroatoms. The molecule has 2 saturated heterocycles. The summed E-state index contributed by atoms with van der Waals surface area (Å²) in [7, 11) is 0. The quantitative estimate of drug-likeness (QED) is 0.0503. The summed E-state index contributed by atoms with van der Waals surface area (Å²) in [4.78, 5) is 74.8. The first-order chi connectivity index (χ1) is 24.1. The number of quaternary nitrogens is 1. The number of nitrogens with zero attached hydrogens (tertiary/aromatic N) is 4. The molecule has 2 fully saturated rings. The Morgan fingerprint density at radius 3 is 2.47 bits per heavy atom. The number of nitrogen functional groups attached to an aromatic ring is 1. The largest absolute Gasteiger partial charge is 0.504 e. The molecule has 3 atom stereocenters. The second-order valence-electron chi connectivity index (χ2n) is 13.0. The van der Waals surface area contributed by atoms with Crippen molar-refractivity contribution in [1.29, 1.82) is 0 Å². The van der Waals surface area contributed by atoms with Gasteiger partial charge in [-0.1, -0.05) is 41.9 Å². The highest BCUT2D eigenvalue weighted by molar-refractivity contribution is 8.00. The number of aromatic hydroxyl groups is 2. The number of oxime groups is 1. The summed E-state index contributed by atoms with van der Waals surface area (Å²) >= 11 is 8.49. The molecule has 5 rings (SSSR count). The molecule has 2 aromatic rings. The van der Waals surface area contributed by atoms with Gasteiger partial charge in [0, 0.05) is 42.1 Å². The SMILES string of the molecule is CC(C)[C@H](O/N=C(\C(=O)C[C@@H]1C(=O)N2C(C(=O)O)=C(C[N+]3(CCNC(=O)c4ccc(O)c(O)c4)CCCC3)CS[C@H]12)c1nc(N)sc1Cl)C(=O)O. The molecule has 274 valence electrons. The Morgan fingerprint density at radius 2 is 1.88 bits per heavy atom. The van der Waals surface area contributed by atoms with E-state index in [1.165, 1.54) is 34.9 Å². The molecule has 0 radical (unpaired) electrons. The van der Waals surface area contributed by atoms with Crippen LogP contribution in [0.25, 0.3) is 0 Å². The van der Waals surface area contributed by atoms with Crippen molar-refractivity contribution >= 4 is 75.1 Å². The highest BCUT2D eigenvalue weighted by Crippen LogP contribution is 2.46. The maximum absolute atomic E-state index is 13.6. The van der Waals surface area contributed by atoms with Crippen LogP contribution in [0, 0.1) is 11.8 Å². The van der Waals surface area contributed by atoms with E-state index in [0.717, 1.165) is 37.3 Å². The van der Waals surface area contributed by atoms with E-state index < -0.39 is 64.3 Å². The summed E-state index contributed by atoms with van der Waals surface area (Å²) in [6, 6.07) is 3.78. The Bertz CT molecular complexity index is 1810. The van der Waals surface area contributed by atoms with Gasteiger partial charge < -0.3 is 40.8 Å². The number of thioether (sulfide) groups is 1. The standard InChI is InChI=1S/C32H37ClN6O10S2/c1-15(2)25(31(47)48)49-37-22(23-26(33)51-32(34)36-23)21(42)12-18-28(44)38-24(30(45)46)17(14-50-29(18)38)13-39(8-3-4-9-39)10-7-35-27(43)16-5-6-19(40)20(41)11-16/h5-6,11,15,18,25,29H,3-4,7-10,12-14H2,1-2H3,(H6-,34,35,36,37,40,41,42,43,45,46,47,48)/p+1/t18-,25+,29-/m1/s1. The van der Waals surface area contributed by atoms with Crippen LogP contribution in [0.15, 0.2) is 34.6 Å². The lowest BCUT2D eigenvalue weighted by molar-refractivity contribution is -0.911. The van der Waals surface area contributed by atoms with Gasteiger partial charge in [0.05, 0.1) is 37.5 Å². The molecule has 0 saturated carbocycles. The third-order valence-corrected chi connectivity index (χ3v) is 11.6. The lowest BCUT2D eigenvalue weighted by Crippen LogP contribution is -2.63. The number of aliphatic carboxylic acids is 2. The number of carboxylic acids is 2. The number of fused-ring (bicyclic) bond motifs is 1. The summed E-state index contributed by atoms with van der Waals surface area (Å²) < 4.78 is 0.528. The molecule has 1 aromatic carbocycles. The first kappa shape index (κ1) is 37.9. The van der Waals surface area contributed by atoms with E-state index in [2.05, 4.69) is 15.5 Å². The molecule has 1 aromatic heterocycles. The van der Waals surface area contributed by atoms with Gasteiger partial charge in [-0.15, -0.1) is 11.8 Å². The van der Waals surface area contributed by atoms with Crippen LogP contribution in [-0.4, -0.2) is 120 Å². The number of aromatic nitrogens is 1. The van der Waals surface area contributed by atoms with Gasteiger partial charge in [-0.05, 0) is 18.2 Å². The van der Waals surface area contributed by atoms with Crippen LogP contribution in [0.4, 0.5) is 5.13 Å². The number of nitrogens with one attached hydrogen (secondary N) is 1. The van der Waals surface area contributed by atoms with Gasteiger partial charge in [-0.3, -0.25) is 19.3 Å². The zero-order valence-electron chi connectivity index (χ0n) is 27.7. The van der Waals surface area contributed by atoms with Crippen LogP contribution >= 0.6 is 34.7 Å². The fourth-order valence-electron chi connectivity index (χ4n) is 6.53. The maximum Gasteiger partial charge on any atom is 0.352 e. The predicted molar refractivity (Wildman–Crippen MR) is 187 cm³/mol. The number of thiazole rings is 1. The highest BCUT2D eigenvalue weighted by Gasteiger charge is 2.55. The first-order valence-corrected chi connectivity index (χ1v) is 18.3. The van der Waals surface area contributed by atoms with Crippen molar-refractivity contribution in [2.45, 2.75) is 44.6 Å². The van der Waals surface area contributed by atoms with E-state index in [9.17, 15) is 44.4 Å². The minimum Gasteiger partial charge on any atom is -0.504 e. The van der Waals surface area contributed by atoms with Crippen LogP contribution in [0.1, 0.15) is 49.2 Å². The molecule has 7 N–H and O–H groups in total. The number of phenols is 2.